The normalized spacial score (nSPS) is 11.6. The molecule has 0 aliphatic carbocycles. The Labute approximate surface area is 116 Å². The largest absolute Gasteiger partial charge is 0.324 e. The van der Waals surface area contributed by atoms with Gasteiger partial charge in [-0.2, -0.15) is 0 Å². The fourth-order valence-corrected chi connectivity index (χ4v) is 2.04. The van der Waals surface area contributed by atoms with E-state index in [4.69, 9.17) is 5.73 Å². The molecule has 3 nitrogen and oxygen atoms in total. The summed E-state index contributed by atoms with van der Waals surface area (Å²) in [7, 11) is 0. The number of carbonyl (C=O) groups is 1. The van der Waals surface area contributed by atoms with Crippen molar-refractivity contribution in [1.29, 1.82) is 0 Å². The Bertz CT molecular complexity index is 395. The number of hydrogen-bond acceptors (Lipinski definition) is 2. The zero-order valence-corrected chi connectivity index (χ0v) is 12.4. The zero-order valence-electron chi connectivity index (χ0n) is 11.5. The molecule has 102 valence electrons. The van der Waals surface area contributed by atoms with Crippen molar-refractivity contribution in [3.8, 4) is 0 Å². The molecule has 0 saturated carbocycles. The van der Waals surface area contributed by atoms with E-state index in [-0.39, 0.29) is 18.3 Å². The highest BCUT2D eigenvalue weighted by molar-refractivity contribution is 5.96. The van der Waals surface area contributed by atoms with Crippen molar-refractivity contribution in [2.45, 2.75) is 46.6 Å². The Kier molecular flexibility index (Phi) is 6.96. The van der Waals surface area contributed by atoms with Gasteiger partial charge in [0.05, 0.1) is 6.04 Å². The second-order valence-corrected chi connectivity index (χ2v) is 4.66. The van der Waals surface area contributed by atoms with Crippen LogP contribution in [0.25, 0.3) is 0 Å². The molecule has 4 heteroatoms. The molecule has 1 aromatic rings. The highest BCUT2D eigenvalue weighted by Crippen LogP contribution is 2.22. The molecule has 0 aliphatic rings. The third kappa shape index (κ3) is 4.31. The van der Waals surface area contributed by atoms with Crippen LogP contribution in [-0.4, -0.2) is 11.9 Å². The molecule has 0 aliphatic heterocycles. The van der Waals surface area contributed by atoms with Crippen LogP contribution in [0.5, 0.6) is 0 Å². The van der Waals surface area contributed by atoms with Crippen molar-refractivity contribution in [2.75, 3.05) is 5.32 Å². The van der Waals surface area contributed by atoms with Gasteiger partial charge in [0.15, 0.2) is 0 Å². The lowest BCUT2D eigenvalue weighted by atomic mass is 10.0. The van der Waals surface area contributed by atoms with E-state index in [1.807, 2.05) is 20.8 Å². The van der Waals surface area contributed by atoms with Crippen molar-refractivity contribution < 1.29 is 4.79 Å². The van der Waals surface area contributed by atoms with E-state index in [1.165, 1.54) is 5.56 Å². The SMILES string of the molecule is CCCC(N)C(=O)Nc1c(C)cc(C)cc1C.Cl. The minimum Gasteiger partial charge on any atom is -0.324 e. The molecule has 1 atom stereocenters. The molecule has 1 rings (SSSR count). The Morgan fingerprint density at radius 3 is 2.22 bits per heavy atom. The Morgan fingerprint density at radius 2 is 1.78 bits per heavy atom. The quantitative estimate of drug-likeness (QED) is 0.883. The zero-order chi connectivity index (χ0) is 13.0. The maximum absolute atomic E-state index is 11.9. The summed E-state index contributed by atoms with van der Waals surface area (Å²) in [6.45, 7) is 8.08. The maximum atomic E-state index is 11.9. The average molecular weight is 271 g/mol. The van der Waals surface area contributed by atoms with Gasteiger partial charge in [0.25, 0.3) is 0 Å². The minimum absolute atomic E-state index is 0. The summed E-state index contributed by atoms with van der Waals surface area (Å²) in [5.74, 6) is -0.0955. The van der Waals surface area contributed by atoms with Gasteiger partial charge >= 0.3 is 0 Å². The smallest absolute Gasteiger partial charge is 0.241 e. The molecule has 0 heterocycles. The molecule has 1 amide bonds. The fourth-order valence-electron chi connectivity index (χ4n) is 2.04. The molecular formula is C14H23ClN2O. The number of carbonyl (C=O) groups excluding carboxylic acids is 1. The van der Waals surface area contributed by atoms with Gasteiger partial charge in [-0.05, 0) is 38.3 Å². The average Bonchev–Trinajstić information content (AvgIpc) is 2.23. The van der Waals surface area contributed by atoms with Crippen molar-refractivity contribution >= 4 is 24.0 Å². The van der Waals surface area contributed by atoms with Gasteiger partial charge in [-0.25, -0.2) is 0 Å². The van der Waals surface area contributed by atoms with Gasteiger partial charge in [0, 0.05) is 5.69 Å². The standard InChI is InChI=1S/C14H22N2O.ClH/c1-5-6-12(15)14(17)16-13-10(3)7-9(2)8-11(13)4;/h7-8,12H,5-6,15H2,1-4H3,(H,16,17);1H. The topological polar surface area (TPSA) is 55.1 Å². The maximum Gasteiger partial charge on any atom is 0.241 e. The summed E-state index contributed by atoms with van der Waals surface area (Å²) in [6.07, 6.45) is 1.64. The predicted octanol–water partition coefficient (Wildman–Crippen LogP) is 3.10. The molecular weight excluding hydrogens is 248 g/mol. The van der Waals surface area contributed by atoms with Gasteiger partial charge in [-0.1, -0.05) is 31.0 Å². The van der Waals surface area contributed by atoms with Gasteiger partial charge < -0.3 is 11.1 Å². The first kappa shape index (κ1) is 16.9. The van der Waals surface area contributed by atoms with Crippen LogP contribution >= 0.6 is 12.4 Å². The summed E-state index contributed by atoms with van der Waals surface area (Å²) in [6, 6.07) is 3.71. The van der Waals surface area contributed by atoms with E-state index in [0.29, 0.717) is 0 Å². The summed E-state index contributed by atoms with van der Waals surface area (Å²) < 4.78 is 0. The summed E-state index contributed by atoms with van der Waals surface area (Å²) in [5, 5.41) is 2.93. The lowest BCUT2D eigenvalue weighted by molar-refractivity contribution is -0.117. The van der Waals surface area contributed by atoms with Crippen LogP contribution in [0, 0.1) is 20.8 Å². The lowest BCUT2D eigenvalue weighted by Gasteiger charge is -2.15. The number of nitrogens with one attached hydrogen (secondary N) is 1. The Hall–Kier alpha value is -1.06. The second kappa shape index (κ2) is 7.39. The van der Waals surface area contributed by atoms with Crippen LogP contribution in [0.15, 0.2) is 12.1 Å². The fraction of sp³-hybridized carbons (Fsp3) is 0.500. The van der Waals surface area contributed by atoms with E-state index in [0.717, 1.165) is 29.7 Å². The molecule has 0 spiro atoms. The van der Waals surface area contributed by atoms with E-state index < -0.39 is 6.04 Å². The summed E-state index contributed by atoms with van der Waals surface area (Å²) in [5.41, 5.74) is 10.1. The number of halogens is 1. The van der Waals surface area contributed by atoms with Gasteiger partial charge in [0.2, 0.25) is 5.91 Å². The van der Waals surface area contributed by atoms with Crippen molar-refractivity contribution in [3.63, 3.8) is 0 Å². The van der Waals surface area contributed by atoms with Gasteiger partial charge in [-0.3, -0.25) is 4.79 Å². The van der Waals surface area contributed by atoms with E-state index in [2.05, 4.69) is 24.4 Å². The van der Waals surface area contributed by atoms with Crippen LogP contribution in [-0.2, 0) is 4.79 Å². The molecule has 3 N–H and O–H groups in total. The number of aryl methyl sites for hydroxylation is 3. The van der Waals surface area contributed by atoms with E-state index in [1.54, 1.807) is 0 Å². The van der Waals surface area contributed by atoms with Crippen LogP contribution in [0.4, 0.5) is 5.69 Å². The number of nitrogens with two attached hydrogens (primary N) is 1. The Morgan fingerprint density at radius 1 is 1.28 bits per heavy atom. The molecule has 1 unspecified atom stereocenters. The molecule has 0 aromatic heterocycles. The monoisotopic (exact) mass is 270 g/mol. The number of anilines is 1. The van der Waals surface area contributed by atoms with E-state index in [9.17, 15) is 4.79 Å². The second-order valence-electron chi connectivity index (χ2n) is 4.66. The minimum atomic E-state index is -0.417. The third-order valence-electron chi connectivity index (χ3n) is 2.86. The van der Waals surface area contributed by atoms with Crippen LogP contribution in [0.2, 0.25) is 0 Å². The third-order valence-corrected chi connectivity index (χ3v) is 2.86. The van der Waals surface area contributed by atoms with Crippen LogP contribution in [0.1, 0.15) is 36.5 Å². The Balaban J connectivity index is 0.00000289. The number of benzene rings is 1. The van der Waals surface area contributed by atoms with Crippen molar-refractivity contribution in [1.82, 2.24) is 0 Å². The molecule has 0 fully saturated rings. The van der Waals surface area contributed by atoms with Crippen molar-refractivity contribution in [2.24, 2.45) is 5.73 Å². The predicted molar refractivity (Wildman–Crippen MR) is 79.4 cm³/mol. The lowest BCUT2D eigenvalue weighted by Crippen LogP contribution is -2.35. The van der Waals surface area contributed by atoms with Crippen LogP contribution < -0.4 is 11.1 Å². The number of amides is 1. The molecule has 0 radical (unpaired) electrons. The highest BCUT2D eigenvalue weighted by Gasteiger charge is 2.14. The number of hydrogen-bond donors (Lipinski definition) is 2. The molecule has 1 aromatic carbocycles. The van der Waals surface area contributed by atoms with Crippen LogP contribution in [0.3, 0.4) is 0 Å². The summed E-state index contributed by atoms with van der Waals surface area (Å²) >= 11 is 0. The number of rotatable bonds is 4. The molecule has 18 heavy (non-hydrogen) atoms. The molecule has 0 saturated heterocycles. The van der Waals surface area contributed by atoms with Crippen molar-refractivity contribution in [3.05, 3.63) is 28.8 Å². The molecule has 0 bridgehead atoms. The first-order valence-electron chi connectivity index (χ1n) is 6.10. The van der Waals surface area contributed by atoms with Gasteiger partial charge in [-0.15, -0.1) is 12.4 Å². The van der Waals surface area contributed by atoms with Gasteiger partial charge in [0.1, 0.15) is 0 Å². The van der Waals surface area contributed by atoms with E-state index >= 15 is 0 Å². The highest BCUT2D eigenvalue weighted by atomic mass is 35.5. The summed E-state index contributed by atoms with van der Waals surface area (Å²) in [4.78, 5) is 11.9. The first-order valence-corrected chi connectivity index (χ1v) is 6.10. The first-order chi connectivity index (χ1) is 7.95.